The molecule has 1 rings (SSSR count). The highest BCUT2D eigenvalue weighted by atomic mass is 28.4. The number of allylic oxidation sites excluding steroid dienone is 2. The second kappa shape index (κ2) is 4.21. The molecule has 0 saturated heterocycles. The Morgan fingerprint density at radius 2 is 1.92 bits per heavy atom. The zero-order chi connectivity index (χ0) is 9.03. The van der Waals surface area contributed by atoms with Crippen LogP contribution in [0.3, 0.4) is 0 Å². The number of rotatable bonds is 3. The van der Waals surface area contributed by atoms with Gasteiger partial charge in [-0.05, 0) is 37.4 Å². The van der Waals surface area contributed by atoms with E-state index in [0.29, 0.717) is 0 Å². The van der Waals surface area contributed by atoms with Crippen molar-refractivity contribution in [2.45, 2.75) is 32.2 Å². The van der Waals surface area contributed by atoms with Gasteiger partial charge in [-0.15, -0.1) is 0 Å². The van der Waals surface area contributed by atoms with Gasteiger partial charge in [0.15, 0.2) is 0 Å². The summed E-state index contributed by atoms with van der Waals surface area (Å²) in [4.78, 5) is 0. The van der Waals surface area contributed by atoms with Crippen LogP contribution in [0, 0.1) is 0 Å². The first-order valence-corrected chi connectivity index (χ1v) is 6.84. The van der Waals surface area contributed by atoms with Crippen molar-refractivity contribution < 1.29 is 8.85 Å². The molecule has 0 saturated carbocycles. The third kappa shape index (κ3) is 1.97. The van der Waals surface area contributed by atoms with Crippen LogP contribution in [0.5, 0.6) is 0 Å². The van der Waals surface area contributed by atoms with Crippen LogP contribution in [0.25, 0.3) is 0 Å². The molecule has 1 aliphatic carbocycles. The summed E-state index contributed by atoms with van der Waals surface area (Å²) in [5.74, 6) is 0. The minimum atomic E-state index is -1.94. The molecule has 0 radical (unpaired) electrons. The van der Waals surface area contributed by atoms with Crippen LogP contribution >= 0.6 is 0 Å². The van der Waals surface area contributed by atoms with E-state index in [2.05, 4.69) is 12.6 Å². The summed E-state index contributed by atoms with van der Waals surface area (Å²) in [5, 5.41) is 1.43. The van der Waals surface area contributed by atoms with Crippen LogP contribution in [0.2, 0.25) is 6.55 Å². The molecule has 3 heteroatoms. The van der Waals surface area contributed by atoms with Gasteiger partial charge in [-0.2, -0.15) is 0 Å². The fourth-order valence-electron chi connectivity index (χ4n) is 1.60. The molecule has 0 amide bonds. The largest absolute Gasteiger partial charge is 0.395 e. The molecule has 0 atom stereocenters. The Bertz CT molecular complexity index is 173. The van der Waals surface area contributed by atoms with Crippen molar-refractivity contribution >= 4 is 8.56 Å². The summed E-state index contributed by atoms with van der Waals surface area (Å²) in [6.45, 7) is 2.12. The zero-order valence-electron chi connectivity index (χ0n) is 8.22. The predicted molar refractivity (Wildman–Crippen MR) is 52.2 cm³/mol. The quantitative estimate of drug-likeness (QED) is 0.630. The highest BCUT2D eigenvalue weighted by Crippen LogP contribution is 2.26. The summed E-state index contributed by atoms with van der Waals surface area (Å²) in [7, 11) is 1.57. The number of hydrogen-bond donors (Lipinski definition) is 0. The Hall–Kier alpha value is -0.123. The van der Waals surface area contributed by atoms with E-state index < -0.39 is 8.56 Å². The average molecular weight is 186 g/mol. The molecule has 0 bridgehead atoms. The Morgan fingerprint density at radius 3 is 2.33 bits per heavy atom. The van der Waals surface area contributed by atoms with E-state index in [1.165, 1.54) is 30.9 Å². The van der Waals surface area contributed by atoms with Crippen LogP contribution in [-0.2, 0) is 8.85 Å². The zero-order valence-corrected chi connectivity index (χ0v) is 9.22. The lowest BCUT2D eigenvalue weighted by Crippen LogP contribution is -2.39. The second-order valence-electron chi connectivity index (χ2n) is 3.33. The third-order valence-electron chi connectivity index (χ3n) is 2.65. The van der Waals surface area contributed by atoms with E-state index in [-0.39, 0.29) is 0 Å². The summed E-state index contributed by atoms with van der Waals surface area (Å²) in [6.07, 6.45) is 7.29. The predicted octanol–water partition coefficient (Wildman–Crippen LogP) is 2.39. The molecular weight excluding hydrogens is 168 g/mol. The lowest BCUT2D eigenvalue weighted by Gasteiger charge is -2.27. The SMILES string of the molecule is CO[Si](C)(OC)C1=CCCCC1. The molecule has 0 heterocycles. The lowest BCUT2D eigenvalue weighted by atomic mass is 10.1. The Kier molecular flexibility index (Phi) is 3.49. The van der Waals surface area contributed by atoms with Gasteiger partial charge in [0.1, 0.15) is 0 Å². The molecule has 0 aliphatic heterocycles. The van der Waals surface area contributed by atoms with Gasteiger partial charge < -0.3 is 8.85 Å². The molecule has 1 aliphatic rings. The van der Waals surface area contributed by atoms with Crippen molar-refractivity contribution in [3.63, 3.8) is 0 Å². The highest BCUT2D eigenvalue weighted by Gasteiger charge is 2.34. The molecule has 0 fully saturated rings. The Balaban J connectivity index is 2.70. The van der Waals surface area contributed by atoms with Crippen LogP contribution < -0.4 is 0 Å². The van der Waals surface area contributed by atoms with E-state index in [4.69, 9.17) is 8.85 Å². The maximum absolute atomic E-state index is 5.47. The molecule has 0 aromatic heterocycles. The van der Waals surface area contributed by atoms with Crippen molar-refractivity contribution in [1.82, 2.24) is 0 Å². The molecule has 0 aromatic rings. The van der Waals surface area contributed by atoms with E-state index in [1.54, 1.807) is 14.2 Å². The van der Waals surface area contributed by atoms with Gasteiger partial charge in [0, 0.05) is 14.2 Å². The fraction of sp³-hybridized carbons (Fsp3) is 0.778. The van der Waals surface area contributed by atoms with Crippen molar-refractivity contribution in [1.29, 1.82) is 0 Å². The van der Waals surface area contributed by atoms with Gasteiger partial charge in [-0.3, -0.25) is 0 Å². The molecule has 0 N–H and O–H groups in total. The van der Waals surface area contributed by atoms with Crippen LogP contribution in [-0.4, -0.2) is 22.8 Å². The topological polar surface area (TPSA) is 18.5 Å². The molecule has 2 nitrogen and oxygen atoms in total. The highest BCUT2D eigenvalue weighted by molar-refractivity contribution is 6.73. The molecule has 70 valence electrons. The lowest BCUT2D eigenvalue weighted by molar-refractivity contribution is 0.257. The first-order chi connectivity index (χ1) is 5.73. The molecule has 0 spiro atoms. The van der Waals surface area contributed by atoms with Gasteiger partial charge in [0.2, 0.25) is 0 Å². The van der Waals surface area contributed by atoms with Crippen molar-refractivity contribution in [2.75, 3.05) is 14.2 Å². The van der Waals surface area contributed by atoms with Crippen molar-refractivity contribution in [3.8, 4) is 0 Å². The van der Waals surface area contributed by atoms with E-state index >= 15 is 0 Å². The summed E-state index contributed by atoms with van der Waals surface area (Å²) in [6, 6.07) is 0. The molecule has 12 heavy (non-hydrogen) atoms. The summed E-state index contributed by atoms with van der Waals surface area (Å²) in [5.41, 5.74) is 0. The van der Waals surface area contributed by atoms with Crippen molar-refractivity contribution in [3.05, 3.63) is 11.3 Å². The first-order valence-electron chi connectivity index (χ1n) is 4.53. The van der Waals surface area contributed by atoms with Gasteiger partial charge in [0.05, 0.1) is 0 Å². The summed E-state index contributed by atoms with van der Waals surface area (Å²) >= 11 is 0. The normalized spacial score (nSPS) is 19.1. The standard InChI is InChI=1S/C9H18O2Si/c1-10-12(3,11-2)9-7-5-4-6-8-9/h7H,4-6,8H2,1-3H3. The van der Waals surface area contributed by atoms with E-state index in [0.717, 1.165) is 0 Å². The average Bonchev–Trinajstić information content (AvgIpc) is 2.18. The Morgan fingerprint density at radius 1 is 1.25 bits per heavy atom. The van der Waals surface area contributed by atoms with Gasteiger partial charge >= 0.3 is 8.56 Å². The second-order valence-corrected chi connectivity index (χ2v) is 6.68. The van der Waals surface area contributed by atoms with Crippen molar-refractivity contribution in [2.24, 2.45) is 0 Å². The van der Waals surface area contributed by atoms with E-state index in [1.807, 2.05) is 0 Å². The smallest absolute Gasteiger partial charge is 0.364 e. The minimum Gasteiger partial charge on any atom is -0.395 e. The summed E-state index contributed by atoms with van der Waals surface area (Å²) < 4.78 is 10.9. The van der Waals surface area contributed by atoms with Gasteiger partial charge in [-0.25, -0.2) is 0 Å². The maximum Gasteiger partial charge on any atom is 0.364 e. The van der Waals surface area contributed by atoms with Gasteiger partial charge in [0.25, 0.3) is 0 Å². The molecule has 0 unspecified atom stereocenters. The van der Waals surface area contributed by atoms with Crippen LogP contribution in [0.4, 0.5) is 0 Å². The number of hydrogen-bond acceptors (Lipinski definition) is 2. The van der Waals surface area contributed by atoms with Crippen LogP contribution in [0.1, 0.15) is 25.7 Å². The Labute approximate surface area is 75.8 Å². The molecular formula is C9H18O2Si. The minimum absolute atomic E-state index is 1.17. The maximum atomic E-state index is 5.47. The fourth-order valence-corrected chi connectivity index (χ4v) is 3.43. The van der Waals surface area contributed by atoms with E-state index in [9.17, 15) is 0 Å². The van der Waals surface area contributed by atoms with Gasteiger partial charge in [-0.1, -0.05) is 6.08 Å². The molecule has 0 aromatic carbocycles. The van der Waals surface area contributed by atoms with Crippen LogP contribution in [0.15, 0.2) is 11.3 Å². The third-order valence-corrected chi connectivity index (χ3v) is 5.83. The monoisotopic (exact) mass is 186 g/mol. The first kappa shape index (κ1) is 9.96.